The van der Waals surface area contributed by atoms with Crippen LogP contribution < -0.4 is 10.1 Å². The molecule has 1 saturated heterocycles. The fourth-order valence-electron chi connectivity index (χ4n) is 3.54. The molecule has 0 aromatic heterocycles. The maximum atomic E-state index is 13.1. The zero-order valence-corrected chi connectivity index (χ0v) is 14.3. The number of para-hydroxylation sites is 1. The standard InChI is InChI=1S/C20H22N2O3/c1-24-15-10-8-14(9-11-15)19-21-18-7-3-2-6-17(18)20(23)22(19)13-16-5-4-12-25-16/h2-3,6-11,16,19,21H,4-5,12-13H2,1H3/t16-,19+/m0/s1. The van der Waals surface area contributed by atoms with Crippen molar-refractivity contribution in [2.24, 2.45) is 0 Å². The van der Waals surface area contributed by atoms with Gasteiger partial charge in [0.05, 0.1) is 18.8 Å². The molecule has 2 aliphatic heterocycles. The van der Waals surface area contributed by atoms with E-state index < -0.39 is 0 Å². The molecule has 1 N–H and O–H groups in total. The number of carbonyl (C=O) groups is 1. The quantitative estimate of drug-likeness (QED) is 0.928. The van der Waals surface area contributed by atoms with E-state index in [-0.39, 0.29) is 18.2 Å². The van der Waals surface area contributed by atoms with Crippen LogP contribution in [0.1, 0.15) is 34.9 Å². The summed E-state index contributed by atoms with van der Waals surface area (Å²) in [5.74, 6) is 0.850. The van der Waals surface area contributed by atoms with Gasteiger partial charge in [-0.3, -0.25) is 4.79 Å². The highest BCUT2D eigenvalue weighted by Gasteiger charge is 2.35. The highest BCUT2D eigenvalue weighted by molar-refractivity contribution is 6.01. The van der Waals surface area contributed by atoms with Gasteiger partial charge < -0.3 is 19.7 Å². The van der Waals surface area contributed by atoms with Crippen molar-refractivity contribution in [1.29, 1.82) is 0 Å². The number of hydrogen-bond acceptors (Lipinski definition) is 4. The Kier molecular flexibility index (Phi) is 4.32. The molecule has 130 valence electrons. The Hall–Kier alpha value is -2.53. The summed E-state index contributed by atoms with van der Waals surface area (Å²) in [5.41, 5.74) is 2.61. The summed E-state index contributed by atoms with van der Waals surface area (Å²) >= 11 is 0. The number of methoxy groups -OCH3 is 1. The largest absolute Gasteiger partial charge is 0.497 e. The molecule has 25 heavy (non-hydrogen) atoms. The summed E-state index contributed by atoms with van der Waals surface area (Å²) in [6.07, 6.45) is 1.96. The predicted octanol–water partition coefficient (Wildman–Crippen LogP) is 3.44. The number of benzene rings is 2. The van der Waals surface area contributed by atoms with E-state index in [1.165, 1.54) is 0 Å². The van der Waals surface area contributed by atoms with Crippen LogP contribution in [0.5, 0.6) is 5.75 Å². The van der Waals surface area contributed by atoms with Crippen molar-refractivity contribution in [3.8, 4) is 5.75 Å². The van der Waals surface area contributed by atoms with E-state index in [4.69, 9.17) is 9.47 Å². The second-order valence-corrected chi connectivity index (χ2v) is 6.46. The lowest BCUT2D eigenvalue weighted by Gasteiger charge is -2.39. The fraction of sp³-hybridized carbons (Fsp3) is 0.350. The molecule has 1 fully saturated rings. The minimum Gasteiger partial charge on any atom is -0.497 e. The molecule has 0 aliphatic carbocycles. The topological polar surface area (TPSA) is 50.8 Å². The SMILES string of the molecule is COc1ccc([C@@H]2Nc3ccccc3C(=O)N2C[C@@H]2CCCO2)cc1. The Morgan fingerprint density at radius 1 is 1.20 bits per heavy atom. The van der Waals surface area contributed by atoms with E-state index in [0.717, 1.165) is 36.4 Å². The third-order valence-corrected chi connectivity index (χ3v) is 4.88. The Morgan fingerprint density at radius 3 is 2.72 bits per heavy atom. The molecule has 2 aliphatic rings. The smallest absolute Gasteiger partial charge is 0.257 e. The molecular weight excluding hydrogens is 316 g/mol. The van der Waals surface area contributed by atoms with Crippen molar-refractivity contribution in [3.63, 3.8) is 0 Å². The normalized spacial score (nSPS) is 22.4. The van der Waals surface area contributed by atoms with Crippen molar-refractivity contribution in [2.75, 3.05) is 25.6 Å². The number of nitrogens with one attached hydrogen (secondary N) is 1. The number of rotatable bonds is 4. The number of nitrogens with zero attached hydrogens (tertiary/aromatic N) is 1. The summed E-state index contributed by atoms with van der Waals surface area (Å²) < 4.78 is 11.0. The van der Waals surface area contributed by atoms with Gasteiger partial charge >= 0.3 is 0 Å². The first kappa shape index (κ1) is 16.0. The molecule has 0 saturated carbocycles. The molecule has 4 rings (SSSR count). The van der Waals surface area contributed by atoms with E-state index in [9.17, 15) is 4.79 Å². The Balaban J connectivity index is 1.68. The predicted molar refractivity (Wildman–Crippen MR) is 95.8 cm³/mol. The number of carbonyl (C=O) groups excluding carboxylic acids is 1. The van der Waals surface area contributed by atoms with E-state index in [1.54, 1.807) is 7.11 Å². The van der Waals surface area contributed by atoms with Gasteiger partial charge in [0.25, 0.3) is 5.91 Å². The first-order valence-electron chi connectivity index (χ1n) is 8.68. The van der Waals surface area contributed by atoms with Crippen LogP contribution in [0, 0.1) is 0 Å². The number of amides is 1. The van der Waals surface area contributed by atoms with Crippen molar-refractivity contribution in [3.05, 3.63) is 59.7 Å². The highest BCUT2D eigenvalue weighted by Crippen LogP contribution is 2.34. The van der Waals surface area contributed by atoms with Gasteiger partial charge in [-0.1, -0.05) is 24.3 Å². The molecule has 2 aromatic rings. The van der Waals surface area contributed by atoms with E-state index in [0.29, 0.717) is 12.1 Å². The van der Waals surface area contributed by atoms with Gasteiger partial charge in [-0.2, -0.15) is 0 Å². The van der Waals surface area contributed by atoms with E-state index in [2.05, 4.69) is 5.32 Å². The maximum absolute atomic E-state index is 13.1. The molecule has 0 unspecified atom stereocenters. The molecule has 2 atom stereocenters. The van der Waals surface area contributed by atoms with Gasteiger partial charge in [0.2, 0.25) is 0 Å². The average molecular weight is 338 g/mol. The van der Waals surface area contributed by atoms with Gasteiger partial charge in [-0.25, -0.2) is 0 Å². The number of hydrogen-bond donors (Lipinski definition) is 1. The Morgan fingerprint density at radius 2 is 2.00 bits per heavy atom. The van der Waals surface area contributed by atoms with Crippen molar-refractivity contribution < 1.29 is 14.3 Å². The van der Waals surface area contributed by atoms with Crippen LogP contribution in [0.2, 0.25) is 0 Å². The van der Waals surface area contributed by atoms with Crippen LogP contribution in [-0.4, -0.2) is 37.2 Å². The summed E-state index contributed by atoms with van der Waals surface area (Å²) in [6.45, 7) is 1.38. The second-order valence-electron chi connectivity index (χ2n) is 6.46. The zero-order valence-electron chi connectivity index (χ0n) is 14.3. The molecule has 5 nitrogen and oxygen atoms in total. The van der Waals surface area contributed by atoms with Crippen LogP contribution in [-0.2, 0) is 4.74 Å². The first-order chi connectivity index (χ1) is 12.3. The van der Waals surface area contributed by atoms with Crippen LogP contribution in [0.4, 0.5) is 5.69 Å². The molecule has 0 spiro atoms. The van der Waals surface area contributed by atoms with Gasteiger partial charge in [-0.15, -0.1) is 0 Å². The van der Waals surface area contributed by atoms with Crippen molar-refractivity contribution >= 4 is 11.6 Å². The minimum absolute atomic E-state index is 0.0469. The monoisotopic (exact) mass is 338 g/mol. The molecule has 1 amide bonds. The summed E-state index contributed by atoms with van der Waals surface area (Å²) in [6, 6.07) is 15.5. The number of fused-ring (bicyclic) bond motifs is 1. The lowest BCUT2D eigenvalue weighted by atomic mass is 10.0. The van der Waals surface area contributed by atoms with Crippen molar-refractivity contribution in [1.82, 2.24) is 4.90 Å². The van der Waals surface area contributed by atoms with E-state index >= 15 is 0 Å². The number of anilines is 1. The zero-order chi connectivity index (χ0) is 17.2. The van der Waals surface area contributed by atoms with Gasteiger partial charge in [0.1, 0.15) is 11.9 Å². The Bertz CT molecular complexity index is 754. The van der Waals surface area contributed by atoms with Gasteiger partial charge in [-0.05, 0) is 42.7 Å². The maximum Gasteiger partial charge on any atom is 0.257 e. The lowest BCUT2D eigenvalue weighted by Crippen LogP contribution is -2.46. The molecular formula is C20H22N2O3. The fourth-order valence-corrected chi connectivity index (χ4v) is 3.54. The van der Waals surface area contributed by atoms with Crippen LogP contribution in [0.15, 0.2) is 48.5 Å². The van der Waals surface area contributed by atoms with Crippen LogP contribution in [0.25, 0.3) is 0 Å². The highest BCUT2D eigenvalue weighted by atomic mass is 16.5. The first-order valence-corrected chi connectivity index (χ1v) is 8.68. The molecule has 2 aromatic carbocycles. The molecule has 0 bridgehead atoms. The summed E-state index contributed by atoms with van der Waals surface area (Å²) in [4.78, 5) is 15.0. The third-order valence-electron chi connectivity index (χ3n) is 4.88. The van der Waals surface area contributed by atoms with E-state index in [1.807, 2.05) is 53.4 Å². The lowest BCUT2D eigenvalue weighted by molar-refractivity contribution is 0.0427. The second kappa shape index (κ2) is 6.76. The third kappa shape index (κ3) is 3.07. The molecule has 2 heterocycles. The molecule has 0 radical (unpaired) electrons. The summed E-state index contributed by atoms with van der Waals surface area (Å²) in [7, 11) is 1.65. The van der Waals surface area contributed by atoms with Gasteiger partial charge in [0.15, 0.2) is 0 Å². The minimum atomic E-state index is -0.211. The van der Waals surface area contributed by atoms with Crippen LogP contribution in [0.3, 0.4) is 0 Å². The molecule has 5 heteroatoms. The Labute approximate surface area is 147 Å². The average Bonchev–Trinajstić information content (AvgIpc) is 3.17. The van der Waals surface area contributed by atoms with Gasteiger partial charge in [0, 0.05) is 18.8 Å². The van der Waals surface area contributed by atoms with Crippen LogP contribution >= 0.6 is 0 Å². The summed E-state index contributed by atoms with van der Waals surface area (Å²) in [5, 5.41) is 3.51. The van der Waals surface area contributed by atoms with Crippen molar-refractivity contribution in [2.45, 2.75) is 25.1 Å². The number of ether oxygens (including phenoxy) is 2.